The standard InChI is InChI=1S/C19H20N4OS.C6H7N/c1-13-4-7-15(12-17(13)22-19-20-10-11-25-19)21-18(24)14-5-8-16(9-6-14)23(2)3;1-6-3-2-4-7-5-6/h4-12H,1-3H3,(H,20,22)(H,21,24);2-5H,1H3. The van der Waals surface area contributed by atoms with Gasteiger partial charge in [-0.15, -0.1) is 11.3 Å². The quantitative estimate of drug-likeness (QED) is 0.400. The van der Waals surface area contributed by atoms with Crippen molar-refractivity contribution in [2.45, 2.75) is 13.8 Å². The van der Waals surface area contributed by atoms with Crippen molar-refractivity contribution in [3.05, 3.63) is 95.3 Å². The fourth-order valence-corrected chi connectivity index (χ4v) is 3.34. The van der Waals surface area contributed by atoms with E-state index in [1.54, 1.807) is 12.4 Å². The fraction of sp³-hybridized carbons (Fsp3) is 0.160. The Morgan fingerprint density at radius 1 is 1.00 bits per heavy atom. The summed E-state index contributed by atoms with van der Waals surface area (Å²) in [5.41, 5.74) is 5.65. The van der Waals surface area contributed by atoms with Gasteiger partial charge in [0.25, 0.3) is 5.91 Å². The number of rotatable bonds is 5. The van der Waals surface area contributed by atoms with Gasteiger partial charge in [-0.2, -0.15) is 0 Å². The molecule has 4 rings (SSSR count). The first kappa shape index (κ1) is 23.0. The lowest BCUT2D eigenvalue weighted by atomic mass is 10.1. The number of aryl methyl sites for hydroxylation is 2. The minimum Gasteiger partial charge on any atom is -0.378 e. The van der Waals surface area contributed by atoms with Gasteiger partial charge in [0, 0.05) is 60.7 Å². The summed E-state index contributed by atoms with van der Waals surface area (Å²) in [7, 11) is 3.94. The molecule has 0 spiro atoms. The van der Waals surface area contributed by atoms with Crippen LogP contribution in [0.5, 0.6) is 0 Å². The van der Waals surface area contributed by atoms with Gasteiger partial charge < -0.3 is 15.5 Å². The molecule has 0 atom stereocenters. The Balaban J connectivity index is 0.000000352. The highest BCUT2D eigenvalue weighted by atomic mass is 32.1. The Hall–Kier alpha value is -3.71. The number of carbonyl (C=O) groups excluding carboxylic acids is 1. The molecule has 164 valence electrons. The summed E-state index contributed by atoms with van der Waals surface area (Å²) in [5, 5.41) is 8.96. The minimum absolute atomic E-state index is 0.130. The van der Waals surface area contributed by atoms with Crippen LogP contribution in [0.2, 0.25) is 0 Å². The third-order valence-electron chi connectivity index (χ3n) is 4.62. The van der Waals surface area contributed by atoms with Crippen molar-refractivity contribution in [1.29, 1.82) is 0 Å². The molecule has 2 heterocycles. The molecule has 4 aromatic rings. The zero-order valence-electron chi connectivity index (χ0n) is 18.7. The lowest BCUT2D eigenvalue weighted by Crippen LogP contribution is -2.13. The Bertz CT molecular complexity index is 1130. The molecule has 0 saturated carbocycles. The first-order valence-electron chi connectivity index (χ1n) is 10.1. The van der Waals surface area contributed by atoms with Crippen LogP contribution < -0.4 is 15.5 Å². The molecule has 7 heteroatoms. The van der Waals surface area contributed by atoms with E-state index in [-0.39, 0.29) is 5.91 Å². The van der Waals surface area contributed by atoms with Crippen molar-refractivity contribution in [3.8, 4) is 0 Å². The van der Waals surface area contributed by atoms with Crippen LogP contribution in [0.4, 0.5) is 22.2 Å². The summed E-state index contributed by atoms with van der Waals surface area (Å²) >= 11 is 1.53. The number of carbonyl (C=O) groups is 1. The van der Waals surface area contributed by atoms with E-state index in [0.717, 1.165) is 27.8 Å². The van der Waals surface area contributed by atoms with E-state index in [1.165, 1.54) is 16.9 Å². The number of amides is 1. The van der Waals surface area contributed by atoms with Gasteiger partial charge in [-0.05, 0) is 67.4 Å². The summed E-state index contributed by atoms with van der Waals surface area (Å²) in [5.74, 6) is -0.130. The van der Waals surface area contributed by atoms with Gasteiger partial charge in [0.05, 0.1) is 0 Å². The van der Waals surface area contributed by atoms with Crippen molar-refractivity contribution in [3.63, 3.8) is 0 Å². The second-order valence-electron chi connectivity index (χ2n) is 7.42. The van der Waals surface area contributed by atoms with E-state index < -0.39 is 0 Å². The molecular formula is C25H27N5OS. The normalized spacial score (nSPS) is 10.0. The smallest absolute Gasteiger partial charge is 0.255 e. The number of thiazole rings is 1. The minimum atomic E-state index is -0.130. The lowest BCUT2D eigenvalue weighted by molar-refractivity contribution is 0.102. The summed E-state index contributed by atoms with van der Waals surface area (Å²) < 4.78 is 0. The molecule has 0 radical (unpaired) electrons. The van der Waals surface area contributed by atoms with Gasteiger partial charge >= 0.3 is 0 Å². The van der Waals surface area contributed by atoms with E-state index in [1.807, 2.05) is 99.0 Å². The molecular weight excluding hydrogens is 418 g/mol. The van der Waals surface area contributed by atoms with E-state index in [0.29, 0.717) is 5.56 Å². The summed E-state index contributed by atoms with van der Waals surface area (Å²) in [6.45, 7) is 4.04. The fourth-order valence-electron chi connectivity index (χ4n) is 2.80. The van der Waals surface area contributed by atoms with Crippen molar-refractivity contribution in [2.75, 3.05) is 29.6 Å². The molecule has 0 fully saturated rings. The largest absolute Gasteiger partial charge is 0.378 e. The molecule has 2 aromatic carbocycles. The van der Waals surface area contributed by atoms with Gasteiger partial charge in [-0.3, -0.25) is 9.78 Å². The van der Waals surface area contributed by atoms with Gasteiger partial charge in [-0.25, -0.2) is 4.98 Å². The number of aromatic nitrogens is 2. The molecule has 0 unspecified atom stereocenters. The summed E-state index contributed by atoms with van der Waals surface area (Å²) in [4.78, 5) is 22.6. The Morgan fingerprint density at radius 3 is 2.34 bits per heavy atom. The maximum Gasteiger partial charge on any atom is 0.255 e. The Kier molecular flexibility index (Phi) is 7.94. The van der Waals surface area contributed by atoms with E-state index in [9.17, 15) is 4.79 Å². The SMILES string of the molecule is Cc1ccc(NC(=O)c2ccc(N(C)C)cc2)cc1Nc1nccs1.Cc1cccnc1. The number of hydrogen-bond donors (Lipinski definition) is 2. The van der Waals surface area contributed by atoms with Crippen molar-refractivity contribution >= 4 is 39.4 Å². The van der Waals surface area contributed by atoms with Crippen LogP contribution in [-0.2, 0) is 0 Å². The van der Waals surface area contributed by atoms with Crippen molar-refractivity contribution in [2.24, 2.45) is 0 Å². The predicted molar refractivity (Wildman–Crippen MR) is 134 cm³/mol. The zero-order chi connectivity index (χ0) is 22.9. The molecule has 0 saturated heterocycles. The van der Waals surface area contributed by atoms with Crippen LogP contribution in [0.25, 0.3) is 0 Å². The molecule has 0 aliphatic rings. The third kappa shape index (κ3) is 6.65. The molecule has 1 amide bonds. The van der Waals surface area contributed by atoms with Crippen LogP contribution in [0, 0.1) is 13.8 Å². The molecule has 6 nitrogen and oxygen atoms in total. The monoisotopic (exact) mass is 445 g/mol. The van der Waals surface area contributed by atoms with Crippen LogP contribution in [-0.4, -0.2) is 30.0 Å². The first-order chi connectivity index (χ1) is 15.4. The molecule has 0 aliphatic heterocycles. The molecule has 32 heavy (non-hydrogen) atoms. The van der Waals surface area contributed by atoms with Gasteiger partial charge in [-0.1, -0.05) is 12.1 Å². The molecule has 2 aromatic heterocycles. The molecule has 0 bridgehead atoms. The molecule has 2 N–H and O–H groups in total. The van der Waals surface area contributed by atoms with Crippen molar-refractivity contribution in [1.82, 2.24) is 9.97 Å². The Labute approximate surface area is 193 Å². The third-order valence-corrected chi connectivity index (χ3v) is 5.31. The van der Waals surface area contributed by atoms with Crippen LogP contribution in [0.1, 0.15) is 21.5 Å². The zero-order valence-corrected chi connectivity index (χ0v) is 19.5. The highest BCUT2D eigenvalue weighted by Crippen LogP contribution is 2.25. The van der Waals surface area contributed by atoms with Gasteiger partial charge in [0.15, 0.2) is 5.13 Å². The predicted octanol–water partition coefficient (Wildman–Crippen LogP) is 5.90. The maximum absolute atomic E-state index is 12.5. The van der Waals surface area contributed by atoms with Crippen LogP contribution >= 0.6 is 11.3 Å². The summed E-state index contributed by atoms with van der Waals surface area (Å²) in [6.07, 6.45) is 5.36. The number of nitrogens with zero attached hydrogens (tertiary/aromatic N) is 3. The van der Waals surface area contributed by atoms with E-state index in [2.05, 4.69) is 20.6 Å². The van der Waals surface area contributed by atoms with Gasteiger partial charge in [0.2, 0.25) is 0 Å². The topological polar surface area (TPSA) is 70.2 Å². The number of benzene rings is 2. The van der Waals surface area contributed by atoms with E-state index >= 15 is 0 Å². The van der Waals surface area contributed by atoms with Crippen molar-refractivity contribution < 1.29 is 4.79 Å². The second kappa shape index (κ2) is 11.1. The lowest BCUT2D eigenvalue weighted by Gasteiger charge is -2.13. The number of pyridine rings is 1. The van der Waals surface area contributed by atoms with Crippen LogP contribution in [0.3, 0.4) is 0 Å². The highest BCUT2D eigenvalue weighted by molar-refractivity contribution is 7.13. The highest BCUT2D eigenvalue weighted by Gasteiger charge is 2.09. The van der Waals surface area contributed by atoms with E-state index in [4.69, 9.17) is 0 Å². The first-order valence-corrected chi connectivity index (χ1v) is 11.0. The number of hydrogen-bond acceptors (Lipinski definition) is 6. The Morgan fingerprint density at radius 2 is 1.78 bits per heavy atom. The average Bonchev–Trinajstić information content (AvgIpc) is 3.30. The average molecular weight is 446 g/mol. The number of nitrogens with one attached hydrogen (secondary N) is 2. The molecule has 0 aliphatic carbocycles. The number of anilines is 4. The second-order valence-corrected chi connectivity index (χ2v) is 8.31. The maximum atomic E-state index is 12.5. The summed E-state index contributed by atoms with van der Waals surface area (Å²) in [6, 6.07) is 17.3. The van der Waals surface area contributed by atoms with Gasteiger partial charge in [0.1, 0.15) is 0 Å². The van der Waals surface area contributed by atoms with Crippen LogP contribution in [0.15, 0.2) is 78.6 Å².